The minimum atomic E-state index is 0.875. The van der Waals surface area contributed by atoms with Crippen LogP contribution in [-0.4, -0.2) is 16.1 Å². The fourth-order valence-electron chi connectivity index (χ4n) is 2.99. The zero-order valence-corrected chi connectivity index (χ0v) is 11.1. The maximum atomic E-state index is 4.36. The number of anilines is 1. The molecule has 1 N–H and O–H groups in total. The Balaban J connectivity index is 1.77. The fourth-order valence-corrected chi connectivity index (χ4v) is 2.99. The number of fused-ring (bicyclic) bond motifs is 1. The Labute approximate surface area is 113 Å². The van der Waals surface area contributed by atoms with Gasteiger partial charge in [-0.1, -0.05) is 18.2 Å². The van der Waals surface area contributed by atoms with Gasteiger partial charge >= 0.3 is 0 Å². The van der Waals surface area contributed by atoms with E-state index in [1.165, 1.54) is 48.2 Å². The largest absolute Gasteiger partial charge is 0.384 e. The number of para-hydroxylation sites is 1. The summed E-state index contributed by atoms with van der Waals surface area (Å²) in [5.74, 6) is 0.875. The van der Waals surface area contributed by atoms with Gasteiger partial charge in [0.2, 0.25) is 0 Å². The molecule has 0 unspecified atom stereocenters. The molecule has 98 valence electrons. The molecule has 3 nitrogen and oxygen atoms in total. The molecule has 2 heterocycles. The third-order valence-electron chi connectivity index (χ3n) is 4.22. The van der Waals surface area contributed by atoms with Crippen molar-refractivity contribution in [1.29, 1.82) is 0 Å². The molecule has 1 fully saturated rings. The summed E-state index contributed by atoms with van der Waals surface area (Å²) >= 11 is 0. The van der Waals surface area contributed by atoms with Crippen LogP contribution < -0.4 is 5.32 Å². The van der Waals surface area contributed by atoms with Crippen molar-refractivity contribution in [2.45, 2.75) is 32.2 Å². The molecule has 4 rings (SSSR count). The zero-order valence-electron chi connectivity index (χ0n) is 11.1. The van der Waals surface area contributed by atoms with Crippen LogP contribution in [-0.2, 0) is 13.0 Å². The molecule has 1 aromatic heterocycles. The van der Waals surface area contributed by atoms with Crippen LogP contribution in [0.2, 0.25) is 0 Å². The molecule has 1 aliphatic carbocycles. The van der Waals surface area contributed by atoms with Gasteiger partial charge in [-0.05, 0) is 37.2 Å². The summed E-state index contributed by atoms with van der Waals surface area (Å²) in [7, 11) is 0. The Hall–Kier alpha value is -1.77. The van der Waals surface area contributed by atoms with E-state index >= 15 is 0 Å². The topological polar surface area (TPSA) is 29.9 Å². The Bertz CT molecular complexity index is 596. The lowest BCUT2D eigenvalue weighted by atomic mass is 9.98. The summed E-state index contributed by atoms with van der Waals surface area (Å²) in [6, 6.07) is 6.64. The van der Waals surface area contributed by atoms with Gasteiger partial charge in [0.05, 0.1) is 18.2 Å². The second kappa shape index (κ2) is 4.41. The lowest BCUT2D eigenvalue weighted by Gasteiger charge is -2.21. The van der Waals surface area contributed by atoms with E-state index < -0.39 is 0 Å². The number of hydrogen-bond acceptors (Lipinski definition) is 2. The van der Waals surface area contributed by atoms with Gasteiger partial charge in [-0.3, -0.25) is 0 Å². The van der Waals surface area contributed by atoms with E-state index in [0.29, 0.717) is 0 Å². The minimum Gasteiger partial charge on any atom is -0.384 e. The molecular weight excluding hydrogens is 234 g/mol. The van der Waals surface area contributed by atoms with Gasteiger partial charge < -0.3 is 9.88 Å². The second-order valence-electron chi connectivity index (χ2n) is 5.74. The van der Waals surface area contributed by atoms with E-state index in [4.69, 9.17) is 0 Å². The molecule has 0 saturated heterocycles. The number of hydrogen-bond donors (Lipinski definition) is 1. The van der Waals surface area contributed by atoms with Crippen LogP contribution in [0.25, 0.3) is 11.3 Å². The molecule has 0 atom stereocenters. The third kappa shape index (κ3) is 2.03. The molecule has 1 aromatic carbocycles. The van der Waals surface area contributed by atoms with Gasteiger partial charge in [0, 0.05) is 24.3 Å². The standard InChI is InChI=1S/C16H19N3/c1-3-13-4-2-8-18-16(13)14(5-1)15-9-17-11-19(15)10-12-6-7-12/h1,3,5,9,11-12,18H,2,4,6-8,10H2. The van der Waals surface area contributed by atoms with Crippen LogP contribution >= 0.6 is 0 Å². The summed E-state index contributed by atoms with van der Waals surface area (Å²) in [6.45, 7) is 2.21. The lowest BCUT2D eigenvalue weighted by Crippen LogP contribution is -2.13. The molecule has 1 saturated carbocycles. The highest BCUT2D eigenvalue weighted by atomic mass is 15.1. The van der Waals surface area contributed by atoms with Gasteiger partial charge in [-0.2, -0.15) is 0 Å². The Kier molecular flexibility index (Phi) is 2.57. The maximum Gasteiger partial charge on any atom is 0.0951 e. The highest BCUT2D eigenvalue weighted by Gasteiger charge is 2.23. The SMILES string of the molecule is c1cc2c(c(-c3cncn3CC3CC3)c1)NCCC2. The van der Waals surface area contributed by atoms with E-state index in [-0.39, 0.29) is 0 Å². The predicted molar refractivity (Wildman–Crippen MR) is 77.2 cm³/mol. The van der Waals surface area contributed by atoms with Crippen molar-refractivity contribution >= 4 is 5.69 Å². The van der Waals surface area contributed by atoms with Crippen molar-refractivity contribution in [3.05, 3.63) is 36.3 Å². The number of imidazole rings is 1. The highest BCUT2D eigenvalue weighted by Crippen LogP contribution is 2.36. The first-order chi connectivity index (χ1) is 9.42. The first-order valence-electron chi connectivity index (χ1n) is 7.28. The van der Waals surface area contributed by atoms with Gasteiger partial charge in [-0.15, -0.1) is 0 Å². The molecule has 1 aliphatic heterocycles. The van der Waals surface area contributed by atoms with Crippen molar-refractivity contribution < 1.29 is 0 Å². The van der Waals surface area contributed by atoms with Crippen LogP contribution in [0.5, 0.6) is 0 Å². The Morgan fingerprint density at radius 1 is 1.32 bits per heavy atom. The number of nitrogens with one attached hydrogen (secondary N) is 1. The summed E-state index contributed by atoms with van der Waals surface area (Å²) in [6.07, 6.45) is 9.17. The first-order valence-corrected chi connectivity index (χ1v) is 7.28. The van der Waals surface area contributed by atoms with Gasteiger partial charge in [-0.25, -0.2) is 4.98 Å². The molecule has 0 spiro atoms. The molecule has 2 aromatic rings. The summed E-state index contributed by atoms with van der Waals surface area (Å²) in [5, 5.41) is 3.57. The second-order valence-corrected chi connectivity index (χ2v) is 5.74. The molecule has 0 amide bonds. The van der Waals surface area contributed by atoms with Crippen LogP contribution in [0.1, 0.15) is 24.8 Å². The van der Waals surface area contributed by atoms with E-state index in [1.807, 2.05) is 12.5 Å². The summed E-state index contributed by atoms with van der Waals surface area (Å²) in [5.41, 5.74) is 5.35. The molecule has 0 bridgehead atoms. The van der Waals surface area contributed by atoms with Crippen LogP contribution in [0.4, 0.5) is 5.69 Å². The zero-order chi connectivity index (χ0) is 12.7. The maximum absolute atomic E-state index is 4.36. The van der Waals surface area contributed by atoms with Crippen LogP contribution in [0.3, 0.4) is 0 Å². The number of rotatable bonds is 3. The summed E-state index contributed by atoms with van der Waals surface area (Å²) < 4.78 is 2.32. The fraction of sp³-hybridized carbons (Fsp3) is 0.438. The highest BCUT2D eigenvalue weighted by molar-refractivity contribution is 5.78. The predicted octanol–water partition coefficient (Wildman–Crippen LogP) is 3.32. The number of nitrogens with zero attached hydrogens (tertiary/aromatic N) is 2. The quantitative estimate of drug-likeness (QED) is 0.909. The van der Waals surface area contributed by atoms with Crippen molar-refractivity contribution in [3.8, 4) is 11.3 Å². The van der Waals surface area contributed by atoms with Gasteiger partial charge in [0.25, 0.3) is 0 Å². The molecule has 3 heteroatoms. The van der Waals surface area contributed by atoms with Crippen LogP contribution in [0, 0.1) is 5.92 Å². The van der Waals surface area contributed by atoms with Gasteiger partial charge in [0.15, 0.2) is 0 Å². The van der Waals surface area contributed by atoms with Crippen molar-refractivity contribution in [3.63, 3.8) is 0 Å². The number of aryl methyl sites for hydroxylation is 1. The molecule has 0 radical (unpaired) electrons. The van der Waals surface area contributed by atoms with E-state index in [2.05, 4.69) is 33.1 Å². The average molecular weight is 253 g/mol. The number of aromatic nitrogens is 2. The monoisotopic (exact) mass is 253 g/mol. The smallest absolute Gasteiger partial charge is 0.0951 e. The van der Waals surface area contributed by atoms with E-state index in [9.17, 15) is 0 Å². The summed E-state index contributed by atoms with van der Waals surface area (Å²) in [4.78, 5) is 4.36. The molecular formula is C16H19N3. The van der Waals surface area contributed by atoms with Gasteiger partial charge in [0.1, 0.15) is 0 Å². The third-order valence-corrected chi connectivity index (χ3v) is 4.22. The number of benzene rings is 1. The van der Waals surface area contributed by atoms with Crippen molar-refractivity contribution in [1.82, 2.24) is 9.55 Å². The Morgan fingerprint density at radius 3 is 3.16 bits per heavy atom. The van der Waals surface area contributed by atoms with E-state index in [0.717, 1.165) is 19.0 Å². The normalized spacial score (nSPS) is 17.9. The van der Waals surface area contributed by atoms with E-state index in [1.54, 1.807) is 0 Å². The lowest BCUT2D eigenvalue weighted by molar-refractivity contribution is 0.631. The first kappa shape index (κ1) is 11.1. The molecule has 2 aliphatic rings. The van der Waals surface area contributed by atoms with Crippen LogP contribution in [0.15, 0.2) is 30.7 Å². The Morgan fingerprint density at radius 2 is 2.26 bits per heavy atom. The molecule has 19 heavy (non-hydrogen) atoms. The van der Waals surface area contributed by atoms with Crippen molar-refractivity contribution in [2.24, 2.45) is 5.92 Å². The minimum absolute atomic E-state index is 0.875. The van der Waals surface area contributed by atoms with Crippen molar-refractivity contribution in [2.75, 3.05) is 11.9 Å². The average Bonchev–Trinajstić information content (AvgIpc) is 3.15.